The van der Waals surface area contributed by atoms with Gasteiger partial charge in [0.05, 0.1) is 0 Å². The molecular formula is C8H12N4S. The third-order valence-electron chi connectivity index (χ3n) is 1.63. The first-order chi connectivity index (χ1) is 6.26. The average Bonchev–Trinajstić information content (AvgIpc) is 2.50. The van der Waals surface area contributed by atoms with Crippen LogP contribution in [0.2, 0.25) is 0 Å². The lowest BCUT2D eigenvalue weighted by molar-refractivity contribution is 0.715. The minimum Gasteiger partial charge on any atom is -0.367 e. The number of anilines is 2. The van der Waals surface area contributed by atoms with Gasteiger partial charge in [-0.15, -0.1) is 12.3 Å². The van der Waals surface area contributed by atoms with Gasteiger partial charge in [0, 0.05) is 24.0 Å². The van der Waals surface area contributed by atoms with E-state index in [1.54, 1.807) is 0 Å². The lowest BCUT2D eigenvalue weighted by atomic mass is 10.2. The Hall–Kier alpha value is -1.28. The van der Waals surface area contributed by atoms with Crippen molar-refractivity contribution >= 4 is 22.6 Å². The third-order valence-corrected chi connectivity index (χ3v) is 2.29. The van der Waals surface area contributed by atoms with Gasteiger partial charge in [0.25, 0.3) is 0 Å². The molecule has 1 rings (SSSR count). The highest BCUT2D eigenvalue weighted by molar-refractivity contribution is 7.09. The van der Waals surface area contributed by atoms with Crippen molar-refractivity contribution < 1.29 is 0 Å². The molecule has 1 aromatic heterocycles. The Morgan fingerprint density at radius 2 is 2.54 bits per heavy atom. The van der Waals surface area contributed by atoms with Crippen LogP contribution in [0.25, 0.3) is 0 Å². The molecule has 5 heteroatoms. The van der Waals surface area contributed by atoms with Crippen LogP contribution in [0.15, 0.2) is 0 Å². The molecule has 70 valence electrons. The monoisotopic (exact) mass is 196 g/mol. The number of nitrogen functional groups attached to an aromatic ring is 1. The highest BCUT2D eigenvalue weighted by atomic mass is 32.1. The summed E-state index contributed by atoms with van der Waals surface area (Å²) in [4.78, 5) is 3.99. The van der Waals surface area contributed by atoms with Crippen molar-refractivity contribution in [2.75, 3.05) is 11.1 Å². The van der Waals surface area contributed by atoms with E-state index in [-0.39, 0.29) is 6.04 Å². The Balaban J connectivity index is 2.52. The van der Waals surface area contributed by atoms with E-state index >= 15 is 0 Å². The predicted molar refractivity (Wildman–Crippen MR) is 55.5 cm³/mol. The summed E-state index contributed by atoms with van der Waals surface area (Å²) >= 11 is 1.25. The van der Waals surface area contributed by atoms with Gasteiger partial charge in [0.1, 0.15) is 0 Å². The molecule has 0 bridgehead atoms. The normalized spacial score (nSPS) is 12.0. The maximum atomic E-state index is 5.38. The quantitative estimate of drug-likeness (QED) is 0.713. The van der Waals surface area contributed by atoms with E-state index in [0.29, 0.717) is 12.4 Å². The van der Waals surface area contributed by atoms with Crippen LogP contribution in [0.1, 0.15) is 19.8 Å². The smallest absolute Gasteiger partial charge is 0.233 e. The van der Waals surface area contributed by atoms with Gasteiger partial charge < -0.3 is 11.1 Å². The Kier molecular flexibility index (Phi) is 3.53. The molecule has 1 heterocycles. The third kappa shape index (κ3) is 2.92. The minimum absolute atomic E-state index is 0.261. The van der Waals surface area contributed by atoms with Crippen molar-refractivity contribution in [1.29, 1.82) is 0 Å². The largest absolute Gasteiger partial charge is 0.367 e. The molecule has 0 aromatic carbocycles. The summed E-state index contributed by atoms with van der Waals surface area (Å²) in [5, 5.41) is 3.91. The molecular weight excluding hydrogens is 184 g/mol. The van der Waals surface area contributed by atoms with Gasteiger partial charge in [-0.3, -0.25) is 0 Å². The van der Waals surface area contributed by atoms with Gasteiger partial charge in [-0.05, 0) is 6.42 Å². The fourth-order valence-corrected chi connectivity index (χ4v) is 1.48. The molecule has 0 fully saturated rings. The van der Waals surface area contributed by atoms with Crippen LogP contribution in [0, 0.1) is 12.3 Å². The molecule has 4 nitrogen and oxygen atoms in total. The average molecular weight is 196 g/mol. The Labute approximate surface area is 81.7 Å². The molecule has 0 saturated heterocycles. The number of hydrogen-bond donors (Lipinski definition) is 2. The topological polar surface area (TPSA) is 63.8 Å². The minimum atomic E-state index is 0.261. The number of terminal acetylenes is 1. The van der Waals surface area contributed by atoms with Crippen molar-refractivity contribution in [3.8, 4) is 12.3 Å². The second-order valence-corrected chi connectivity index (χ2v) is 3.37. The molecule has 1 atom stereocenters. The summed E-state index contributed by atoms with van der Waals surface area (Å²) < 4.78 is 3.86. The molecule has 0 saturated carbocycles. The SMILES string of the molecule is C#CCC(CC)Nc1nc(N)ns1. The number of aromatic nitrogens is 2. The second kappa shape index (κ2) is 4.67. The summed E-state index contributed by atoms with van der Waals surface area (Å²) in [7, 11) is 0. The summed E-state index contributed by atoms with van der Waals surface area (Å²) in [6.07, 6.45) is 6.87. The highest BCUT2D eigenvalue weighted by Crippen LogP contribution is 2.14. The lowest BCUT2D eigenvalue weighted by Gasteiger charge is -2.11. The fourth-order valence-electron chi connectivity index (χ4n) is 0.908. The summed E-state index contributed by atoms with van der Waals surface area (Å²) in [6, 6.07) is 0.261. The Morgan fingerprint density at radius 1 is 1.77 bits per heavy atom. The Morgan fingerprint density at radius 3 is 3.00 bits per heavy atom. The van der Waals surface area contributed by atoms with Crippen LogP contribution in [-0.4, -0.2) is 15.4 Å². The maximum absolute atomic E-state index is 5.38. The van der Waals surface area contributed by atoms with Crippen molar-refractivity contribution in [2.45, 2.75) is 25.8 Å². The van der Waals surface area contributed by atoms with Gasteiger partial charge >= 0.3 is 0 Å². The van der Waals surface area contributed by atoms with Crippen molar-refractivity contribution in [3.05, 3.63) is 0 Å². The first-order valence-corrected chi connectivity index (χ1v) is 4.82. The van der Waals surface area contributed by atoms with E-state index < -0.39 is 0 Å². The van der Waals surface area contributed by atoms with Crippen LogP contribution in [0.4, 0.5) is 11.1 Å². The van der Waals surface area contributed by atoms with E-state index in [2.05, 4.69) is 27.5 Å². The molecule has 0 spiro atoms. The van der Waals surface area contributed by atoms with E-state index in [9.17, 15) is 0 Å². The van der Waals surface area contributed by atoms with Gasteiger partial charge in [-0.1, -0.05) is 6.92 Å². The molecule has 1 unspecified atom stereocenters. The molecule has 13 heavy (non-hydrogen) atoms. The zero-order valence-electron chi connectivity index (χ0n) is 7.45. The number of nitrogens with two attached hydrogens (primary N) is 1. The number of hydrogen-bond acceptors (Lipinski definition) is 5. The van der Waals surface area contributed by atoms with Crippen LogP contribution < -0.4 is 11.1 Å². The van der Waals surface area contributed by atoms with Crippen LogP contribution in [0.3, 0.4) is 0 Å². The van der Waals surface area contributed by atoms with E-state index in [4.69, 9.17) is 12.2 Å². The molecule has 0 radical (unpaired) electrons. The predicted octanol–water partition coefficient (Wildman–Crippen LogP) is 1.33. The fraction of sp³-hybridized carbons (Fsp3) is 0.500. The van der Waals surface area contributed by atoms with Gasteiger partial charge in [-0.2, -0.15) is 9.36 Å². The molecule has 3 N–H and O–H groups in total. The number of rotatable bonds is 4. The van der Waals surface area contributed by atoms with Crippen LogP contribution in [0.5, 0.6) is 0 Å². The highest BCUT2D eigenvalue weighted by Gasteiger charge is 2.07. The number of nitrogens with one attached hydrogen (secondary N) is 1. The van der Waals surface area contributed by atoms with Crippen molar-refractivity contribution in [3.63, 3.8) is 0 Å². The molecule has 1 aromatic rings. The van der Waals surface area contributed by atoms with Crippen LogP contribution >= 0.6 is 11.5 Å². The number of nitrogens with zero attached hydrogens (tertiary/aromatic N) is 2. The molecule has 0 aliphatic rings. The van der Waals surface area contributed by atoms with Gasteiger partial charge in [0.2, 0.25) is 11.1 Å². The van der Waals surface area contributed by atoms with Crippen molar-refractivity contribution in [1.82, 2.24) is 9.36 Å². The second-order valence-electron chi connectivity index (χ2n) is 2.62. The first kappa shape index (κ1) is 9.81. The summed E-state index contributed by atoms with van der Waals surface area (Å²) in [5.41, 5.74) is 5.38. The maximum Gasteiger partial charge on any atom is 0.233 e. The van der Waals surface area contributed by atoms with Gasteiger partial charge in [-0.25, -0.2) is 0 Å². The molecule has 0 aliphatic heterocycles. The zero-order valence-corrected chi connectivity index (χ0v) is 8.27. The van der Waals surface area contributed by atoms with E-state index in [0.717, 1.165) is 11.6 Å². The summed E-state index contributed by atoms with van der Waals surface area (Å²) in [6.45, 7) is 2.07. The first-order valence-electron chi connectivity index (χ1n) is 4.05. The lowest BCUT2D eigenvalue weighted by Crippen LogP contribution is -2.17. The van der Waals surface area contributed by atoms with E-state index in [1.807, 2.05) is 0 Å². The summed E-state index contributed by atoms with van der Waals surface area (Å²) in [5.74, 6) is 2.92. The molecule has 0 amide bonds. The standard InChI is InChI=1S/C8H12N4S/c1-3-5-6(4-2)10-8-11-7(9)12-13-8/h1,6H,4-5H2,2H3,(H3,9,10,11,12). The molecule has 0 aliphatic carbocycles. The van der Waals surface area contributed by atoms with Crippen molar-refractivity contribution in [2.24, 2.45) is 0 Å². The van der Waals surface area contributed by atoms with Crippen LogP contribution in [-0.2, 0) is 0 Å². The van der Waals surface area contributed by atoms with Gasteiger partial charge in [0.15, 0.2) is 0 Å². The Bertz CT molecular complexity index is 301. The zero-order chi connectivity index (χ0) is 9.68. The van der Waals surface area contributed by atoms with E-state index in [1.165, 1.54) is 11.5 Å².